The van der Waals surface area contributed by atoms with Gasteiger partial charge in [0.1, 0.15) is 5.75 Å². The van der Waals surface area contributed by atoms with Gasteiger partial charge in [-0.1, -0.05) is 31.2 Å². The van der Waals surface area contributed by atoms with E-state index in [1.807, 2.05) is 31.2 Å². The third-order valence-electron chi connectivity index (χ3n) is 6.42. The number of carboxylic acids is 2. The Hall–Kier alpha value is -4.46. The highest BCUT2D eigenvalue weighted by molar-refractivity contribution is 7.92. The minimum Gasteiger partial charge on any atom is -0.495 e. The molecule has 1 heterocycles. The molecule has 3 aromatic rings. The van der Waals surface area contributed by atoms with Crippen molar-refractivity contribution >= 4 is 39.0 Å². The number of ether oxygens (including phenoxy) is 1. The van der Waals surface area contributed by atoms with E-state index in [0.717, 1.165) is 23.4 Å². The number of sulfonamides is 1. The zero-order chi connectivity index (χ0) is 31.1. The fourth-order valence-corrected chi connectivity index (χ4v) is 5.28. The molecule has 0 bridgehead atoms. The summed E-state index contributed by atoms with van der Waals surface area (Å²) in [6, 6.07) is 19.1. The number of halogens is 3. The molecule has 42 heavy (non-hydrogen) atoms. The van der Waals surface area contributed by atoms with Gasteiger partial charge in [0.15, 0.2) is 0 Å². The summed E-state index contributed by atoms with van der Waals surface area (Å²) < 4.78 is 66.1. The number of nitrogens with zero attached hydrogens (tertiary/aromatic N) is 2. The molecule has 1 aliphatic rings. The van der Waals surface area contributed by atoms with Crippen LogP contribution in [0.2, 0.25) is 0 Å². The molecule has 0 aromatic heterocycles. The van der Waals surface area contributed by atoms with Gasteiger partial charge < -0.3 is 24.7 Å². The van der Waals surface area contributed by atoms with Crippen LogP contribution in [0.15, 0.2) is 71.6 Å². The maximum Gasteiger partial charge on any atom is 0.490 e. The highest BCUT2D eigenvalue weighted by atomic mass is 32.2. The third-order valence-corrected chi connectivity index (χ3v) is 7.80. The summed E-state index contributed by atoms with van der Waals surface area (Å²) in [6.07, 6.45) is -4.28. The SMILES string of the molecule is CCc1ccc(S(=O)(=O)Nc2cc(C(=O)O)ccc2N2CCN(c3ccccc3OC)CC2)cc1.O=C(O)C(F)(F)F. The van der Waals surface area contributed by atoms with Gasteiger partial charge in [-0.05, 0) is 54.4 Å². The molecule has 4 rings (SSSR count). The van der Waals surface area contributed by atoms with E-state index in [0.29, 0.717) is 31.9 Å². The van der Waals surface area contributed by atoms with E-state index in [9.17, 15) is 31.5 Å². The van der Waals surface area contributed by atoms with E-state index in [-0.39, 0.29) is 16.1 Å². The molecule has 14 heteroatoms. The molecule has 0 aliphatic carbocycles. The van der Waals surface area contributed by atoms with Gasteiger partial charge in [0, 0.05) is 26.2 Å². The van der Waals surface area contributed by atoms with E-state index >= 15 is 0 Å². The average Bonchev–Trinajstić information content (AvgIpc) is 2.97. The van der Waals surface area contributed by atoms with Crippen molar-refractivity contribution < 1.29 is 46.1 Å². The van der Waals surface area contributed by atoms with Crippen molar-refractivity contribution in [2.45, 2.75) is 24.4 Å². The molecule has 1 aliphatic heterocycles. The van der Waals surface area contributed by atoms with Crippen molar-refractivity contribution in [3.8, 4) is 5.75 Å². The number of piperazine rings is 1. The molecule has 3 N–H and O–H groups in total. The minimum atomic E-state index is -5.08. The van der Waals surface area contributed by atoms with Crippen LogP contribution in [0.4, 0.5) is 30.2 Å². The second-order valence-corrected chi connectivity index (χ2v) is 10.8. The molecule has 0 radical (unpaired) electrons. The molecule has 1 fully saturated rings. The number of hydrogen-bond donors (Lipinski definition) is 3. The first-order chi connectivity index (χ1) is 19.8. The molecule has 0 saturated carbocycles. The van der Waals surface area contributed by atoms with Crippen molar-refractivity contribution in [2.24, 2.45) is 0 Å². The lowest BCUT2D eigenvalue weighted by Gasteiger charge is -2.38. The minimum absolute atomic E-state index is 0.0143. The molecule has 0 unspecified atom stereocenters. The first-order valence-corrected chi connectivity index (χ1v) is 14.2. The topological polar surface area (TPSA) is 136 Å². The van der Waals surface area contributed by atoms with Gasteiger partial charge in [-0.25, -0.2) is 18.0 Å². The summed E-state index contributed by atoms with van der Waals surface area (Å²) in [6.45, 7) is 4.66. The van der Waals surface area contributed by atoms with Crippen LogP contribution in [-0.4, -0.2) is 70.0 Å². The zero-order valence-corrected chi connectivity index (χ0v) is 23.6. The van der Waals surface area contributed by atoms with E-state index in [1.54, 1.807) is 37.4 Å². The maximum atomic E-state index is 13.1. The fraction of sp³-hybridized carbons (Fsp3) is 0.286. The normalized spacial score (nSPS) is 13.5. The number of aromatic carboxylic acids is 1. The average molecular weight is 610 g/mol. The molecule has 0 spiro atoms. The summed E-state index contributed by atoms with van der Waals surface area (Å²) in [7, 11) is -2.26. The third kappa shape index (κ3) is 8.06. The number of aliphatic carboxylic acids is 1. The first kappa shape index (κ1) is 32.1. The number of para-hydroxylation sites is 2. The van der Waals surface area contributed by atoms with Crippen LogP contribution in [-0.2, 0) is 21.2 Å². The number of benzene rings is 3. The Kier molecular flexibility index (Phi) is 10.3. The molecular weight excluding hydrogens is 579 g/mol. The Morgan fingerprint density at radius 1 is 0.905 bits per heavy atom. The highest BCUT2D eigenvalue weighted by Crippen LogP contribution is 2.33. The van der Waals surface area contributed by atoms with Gasteiger partial charge in [-0.3, -0.25) is 4.72 Å². The number of carboxylic acid groups (broad SMARTS) is 2. The molecule has 0 amide bonds. The highest BCUT2D eigenvalue weighted by Gasteiger charge is 2.38. The van der Waals surface area contributed by atoms with Gasteiger partial charge in [0.2, 0.25) is 0 Å². The van der Waals surface area contributed by atoms with Crippen LogP contribution in [0.5, 0.6) is 5.75 Å². The predicted octanol–water partition coefficient (Wildman–Crippen LogP) is 4.72. The molecule has 3 aromatic carbocycles. The zero-order valence-electron chi connectivity index (χ0n) is 22.8. The molecule has 0 atom stereocenters. The lowest BCUT2D eigenvalue weighted by atomic mass is 10.1. The number of hydrogen-bond acceptors (Lipinski definition) is 7. The number of nitrogens with one attached hydrogen (secondary N) is 1. The van der Waals surface area contributed by atoms with Gasteiger partial charge in [-0.2, -0.15) is 13.2 Å². The molecular formula is C28H30F3N3O7S. The number of anilines is 3. The van der Waals surface area contributed by atoms with Gasteiger partial charge in [0.05, 0.1) is 34.6 Å². The van der Waals surface area contributed by atoms with E-state index in [1.165, 1.54) is 12.1 Å². The van der Waals surface area contributed by atoms with Gasteiger partial charge in [0.25, 0.3) is 10.0 Å². The van der Waals surface area contributed by atoms with E-state index in [4.69, 9.17) is 14.6 Å². The van der Waals surface area contributed by atoms with Crippen LogP contribution in [0.1, 0.15) is 22.8 Å². The van der Waals surface area contributed by atoms with Crippen molar-refractivity contribution in [2.75, 3.05) is 47.8 Å². The Labute approximate surface area is 241 Å². The van der Waals surface area contributed by atoms with Gasteiger partial charge in [-0.15, -0.1) is 0 Å². The lowest BCUT2D eigenvalue weighted by molar-refractivity contribution is -0.192. The number of rotatable bonds is 8. The number of aryl methyl sites for hydroxylation is 1. The summed E-state index contributed by atoms with van der Waals surface area (Å²) in [4.78, 5) is 24.9. The predicted molar refractivity (Wildman–Crippen MR) is 151 cm³/mol. The van der Waals surface area contributed by atoms with Crippen molar-refractivity contribution in [1.29, 1.82) is 0 Å². The summed E-state index contributed by atoms with van der Waals surface area (Å²) in [5.41, 5.74) is 2.94. The number of alkyl halides is 3. The Morgan fingerprint density at radius 2 is 1.45 bits per heavy atom. The van der Waals surface area contributed by atoms with Crippen molar-refractivity contribution in [1.82, 2.24) is 0 Å². The summed E-state index contributed by atoms with van der Waals surface area (Å²) in [5, 5.41) is 16.6. The second-order valence-electron chi connectivity index (χ2n) is 9.09. The van der Waals surface area contributed by atoms with E-state index in [2.05, 4.69) is 14.5 Å². The fourth-order valence-electron chi connectivity index (χ4n) is 4.21. The first-order valence-electron chi connectivity index (χ1n) is 12.7. The molecule has 10 nitrogen and oxygen atoms in total. The van der Waals surface area contributed by atoms with Crippen LogP contribution < -0.4 is 19.3 Å². The van der Waals surface area contributed by atoms with Crippen LogP contribution in [0.3, 0.4) is 0 Å². The van der Waals surface area contributed by atoms with E-state index < -0.39 is 28.1 Å². The number of methoxy groups -OCH3 is 1. The largest absolute Gasteiger partial charge is 0.495 e. The Bertz CT molecular complexity index is 1510. The second kappa shape index (κ2) is 13.5. The monoisotopic (exact) mass is 609 g/mol. The van der Waals surface area contributed by atoms with Crippen molar-refractivity contribution in [3.63, 3.8) is 0 Å². The standard InChI is InChI=1S/C26H29N3O5S.C2HF3O2/c1-3-19-8-11-21(12-9-19)35(32,33)27-22-18-20(26(30)31)10-13-23(22)28-14-16-29(17-15-28)24-6-4-5-7-25(24)34-2;3-2(4,5)1(6)7/h4-13,18,27H,3,14-17H2,1-2H3,(H,30,31);(H,6,7). The maximum absolute atomic E-state index is 13.1. The Morgan fingerprint density at radius 3 is 1.95 bits per heavy atom. The lowest BCUT2D eigenvalue weighted by Crippen LogP contribution is -2.46. The Balaban J connectivity index is 0.000000616. The smallest absolute Gasteiger partial charge is 0.490 e. The summed E-state index contributed by atoms with van der Waals surface area (Å²) >= 11 is 0. The number of carbonyl (C=O) groups is 2. The van der Waals surface area contributed by atoms with Crippen LogP contribution in [0, 0.1) is 0 Å². The molecule has 1 saturated heterocycles. The van der Waals surface area contributed by atoms with Crippen LogP contribution >= 0.6 is 0 Å². The summed E-state index contributed by atoms with van der Waals surface area (Å²) in [5.74, 6) is -3.08. The van der Waals surface area contributed by atoms with Crippen LogP contribution in [0.25, 0.3) is 0 Å². The van der Waals surface area contributed by atoms with Gasteiger partial charge >= 0.3 is 18.1 Å². The van der Waals surface area contributed by atoms with Crippen molar-refractivity contribution in [3.05, 3.63) is 77.9 Å². The quantitative estimate of drug-likeness (QED) is 0.332. The molecule has 226 valence electrons.